The van der Waals surface area contributed by atoms with Crippen LogP contribution in [0.25, 0.3) is 44.6 Å². The number of benzene rings is 3. The van der Waals surface area contributed by atoms with Gasteiger partial charge < -0.3 is 4.90 Å². The molecule has 2 aliphatic carbocycles. The molecule has 3 aromatic carbocycles. The number of fused-ring (bicyclic) bond motifs is 7. The molecule has 2 atom stereocenters. The molecule has 0 N–H and O–H groups in total. The monoisotopic (exact) mass is 567 g/mol. The molecule has 4 heterocycles. The number of aromatic nitrogens is 4. The molecule has 5 heteroatoms. The van der Waals surface area contributed by atoms with Gasteiger partial charge in [-0.25, -0.2) is 15.0 Å². The lowest BCUT2D eigenvalue weighted by Crippen LogP contribution is -2.29. The quantitative estimate of drug-likeness (QED) is 0.213. The van der Waals surface area contributed by atoms with Gasteiger partial charge in [-0.15, -0.1) is 0 Å². The van der Waals surface area contributed by atoms with Crippen molar-refractivity contribution in [3.05, 3.63) is 151 Å². The molecule has 9 rings (SSSR count). The highest BCUT2D eigenvalue weighted by Crippen LogP contribution is 2.52. The van der Waals surface area contributed by atoms with E-state index in [-0.39, 0.29) is 12.0 Å². The maximum absolute atomic E-state index is 5.29. The van der Waals surface area contributed by atoms with E-state index in [1.807, 2.05) is 30.5 Å². The first kappa shape index (κ1) is 25.0. The van der Waals surface area contributed by atoms with E-state index in [1.165, 1.54) is 21.9 Å². The standard InChI is InChI=1S/C39H29N5/c1-3-12-26(13-4-1)32-18-11-21-36(41-32)43-34-19-9-7-16-28(34)30-22-23-31-29-17-8-10-20-35(29)44(38(31)37(30)43)39-40-25-24-33(42-39)27-14-5-2-6-15-27/h2-3,5-25,28,34H,1,4H2. The molecule has 6 aromatic rings. The summed E-state index contributed by atoms with van der Waals surface area (Å²) in [6.07, 6.45) is 19.7. The van der Waals surface area contributed by atoms with Gasteiger partial charge in [0.05, 0.1) is 34.2 Å². The van der Waals surface area contributed by atoms with Gasteiger partial charge in [-0.05, 0) is 48.2 Å². The van der Waals surface area contributed by atoms with Crippen LogP contribution in [0.5, 0.6) is 0 Å². The van der Waals surface area contributed by atoms with Crippen molar-refractivity contribution in [3.63, 3.8) is 0 Å². The molecule has 0 saturated carbocycles. The summed E-state index contributed by atoms with van der Waals surface area (Å²) >= 11 is 0. The topological polar surface area (TPSA) is 46.8 Å². The molecule has 0 bridgehead atoms. The number of hydrogen-bond acceptors (Lipinski definition) is 4. The number of hydrogen-bond donors (Lipinski definition) is 0. The second-order valence-corrected chi connectivity index (χ2v) is 11.5. The molecule has 3 aliphatic rings. The first-order valence-electron chi connectivity index (χ1n) is 15.3. The Kier molecular flexibility index (Phi) is 5.69. The van der Waals surface area contributed by atoms with Gasteiger partial charge in [0.2, 0.25) is 5.95 Å². The zero-order valence-corrected chi connectivity index (χ0v) is 24.1. The molecule has 210 valence electrons. The van der Waals surface area contributed by atoms with Crippen molar-refractivity contribution in [3.8, 4) is 17.2 Å². The lowest BCUT2D eigenvalue weighted by molar-refractivity contribution is 0.738. The summed E-state index contributed by atoms with van der Waals surface area (Å²) in [5, 5.41) is 2.36. The Morgan fingerprint density at radius 2 is 1.59 bits per heavy atom. The Hall–Kier alpha value is -5.55. The van der Waals surface area contributed by atoms with E-state index in [1.54, 1.807) is 0 Å². The Morgan fingerprint density at radius 1 is 0.705 bits per heavy atom. The van der Waals surface area contributed by atoms with Gasteiger partial charge in [-0.1, -0.05) is 109 Å². The summed E-state index contributed by atoms with van der Waals surface area (Å²) in [7, 11) is 0. The first-order chi connectivity index (χ1) is 21.8. The normalized spacial score (nSPS) is 18.5. The average Bonchev–Trinajstić information content (AvgIpc) is 3.62. The van der Waals surface area contributed by atoms with Crippen molar-refractivity contribution in [2.45, 2.75) is 24.8 Å². The lowest BCUT2D eigenvalue weighted by atomic mass is 9.91. The zero-order valence-electron chi connectivity index (χ0n) is 24.1. The van der Waals surface area contributed by atoms with E-state index in [2.05, 4.69) is 119 Å². The van der Waals surface area contributed by atoms with Gasteiger partial charge in [0, 0.05) is 28.5 Å². The van der Waals surface area contributed by atoms with Gasteiger partial charge in [-0.2, -0.15) is 0 Å². The molecule has 3 aromatic heterocycles. The predicted octanol–water partition coefficient (Wildman–Crippen LogP) is 9.10. The van der Waals surface area contributed by atoms with E-state index in [0.717, 1.165) is 52.3 Å². The highest BCUT2D eigenvalue weighted by Gasteiger charge is 2.40. The van der Waals surface area contributed by atoms with E-state index < -0.39 is 0 Å². The third kappa shape index (κ3) is 3.82. The lowest BCUT2D eigenvalue weighted by Gasteiger charge is -2.28. The summed E-state index contributed by atoms with van der Waals surface area (Å²) in [6.45, 7) is 0. The molecular formula is C39H29N5. The van der Waals surface area contributed by atoms with Crippen LogP contribution < -0.4 is 4.90 Å². The SMILES string of the molecule is C1=CC2c3ccc4c5ccccc5n(-c5nccc(-c6ccccc6)n5)c4c3N(c3cccc(C4=CCCC=C4)n3)C2C=C1. The summed E-state index contributed by atoms with van der Waals surface area (Å²) in [5.74, 6) is 1.81. The van der Waals surface area contributed by atoms with E-state index in [9.17, 15) is 0 Å². The first-order valence-corrected chi connectivity index (χ1v) is 15.3. The van der Waals surface area contributed by atoms with Crippen LogP contribution in [-0.4, -0.2) is 25.6 Å². The van der Waals surface area contributed by atoms with E-state index >= 15 is 0 Å². The highest BCUT2D eigenvalue weighted by molar-refractivity contribution is 6.14. The molecule has 2 unspecified atom stereocenters. The van der Waals surface area contributed by atoms with Crippen molar-refractivity contribution >= 4 is 38.9 Å². The van der Waals surface area contributed by atoms with Crippen LogP contribution in [0.3, 0.4) is 0 Å². The van der Waals surface area contributed by atoms with E-state index in [0.29, 0.717) is 5.95 Å². The third-order valence-corrected chi connectivity index (χ3v) is 9.03. The van der Waals surface area contributed by atoms with Crippen molar-refractivity contribution < 1.29 is 0 Å². The Balaban J connectivity index is 1.33. The van der Waals surface area contributed by atoms with Gasteiger partial charge >= 0.3 is 0 Å². The second-order valence-electron chi connectivity index (χ2n) is 11.5. The summed E-state index contributed by atoms with van der Waals surface area (Å²) < 4.78 is 2.25. The number of allylic oxidation sites excluding steroid dienone is 6. The summed E-state index contributed by atoms with van der Waals surface area (Å²) in [6, 6.07) is 32.0. The van der Waals surface area contributed by atoms with E-state index in [4.69, 9.17) is 15.0 Å². The second kappa shape index (κ2) is 10.0. The molecule has 1 aliphatic heterocycles. The Labute approximate surface area is 255 Å². The smallest absolute Gasteiger partial charge is 0.235 e. The number of nitrogens with zero attached hydrogens (tertiary/aromatic N) is 5. The summed E-state index contributed by atoms with van der Waals surface area (Å²) in [4.78, 5) is 17.8. The minimum atomic E-state index is 0.113. The van der Waals surface area contributed by atoms with Crippen LogP contribution in [0.15, 0.2) is 140 Å². The fourth-order valence-electron chi connectivity index (χ4n) is 7.08. The average molecular weight is 568 g/mol. The number of para-hydroxylation sites is 1. The Morgan fingerprint density at radius 3 is 2.50 bits per heavy atom. The fourth-order valence-corrected chi connectivity index (χ4v) is 7.08. The van der Waals surface area contributed by atoms with Crippen molar-refractivity contribution in [2.24, 2.45) is 0 Å². The highest BCUT2D eigenvalue weighted by atomic mass is 15.3. The molecule has 0 fully saturated rings. The van der Waals surface area contributed by atoms with Crippen LogP contribution in [0.1, 0.15) is 30.0 Å². The number of rotatable bonds is 4. The van der Waals surface area contributed by atoms with Gasteiger partial charge in [0.1, 0.15) is 5.82 Å². The number of pyridine rings is 1. The minimum Gasteiger partial charge on any atom is -0.316 e. The van der Waals surface area contributed by atoms with Crippen molar-refractivity contribution in [1.82, 2.24) is 19.5 Å². The van der Waals surface area contributed by atoms with Crippen LogP contribution >= 0.6 is 0 Å². The van der Waals surface area contributed by atoms with Gasteiger partial charge in [0.25, 0.3) is 0 Å². The molecule has 44 heavy (non-hydrogen) atoms. The molecule has 0 radical (unpaired) electrons. The molecule has 0 saturated heterocycles. The zero-order chi connectivity index (χ0) is 29.0. The predicted molar refractivity (Wildman–Crippen MR) is 179 cm³/mol. The third-order valence-electron chi connectivity index (χ3n) is 9.03. The van der Waals surface area contributed by atoms with Crippen LogP contribution in [0, 0.1) is 0 Å². The van der Waals surface area contributed by atoms with Crippen molar-refractivity contribution in [1.29, 1.82) is 0 Å². The molecule has 0 amide bonds. The minimum absolute atomic E-state index is 0.113. The van der Waals surface area contributed by atoms with Crippen LogP contribution in [0.2, 0.25) is 0 Å². The maximum atomic E-state index is 5.29. The van der Waals surface area contributed by atoms with Gasteiger partial charge in [0.15, 0.2) is 0 Å². The van der Waals surface area contributed by atoms with Crippen LogP contribution in [-0.2, 0) is 0 Å². The van der Waals surface area contributed by atoms with Crippen LogP contribution in [0.4, 0.5) is 11.5 Å². The molecular weight excluding hydrogens is 538 g/mol. The number of anilines is 2. The maximum Gasteiger partial charge on any atom is 0.235 e. The van der Waals surface area contributed by atoms with Gasteiger partial charge in [-0.3, -0.25) is 4.57 Å². The largest absolute Gasteiger partial charge is 0.316 e. The fraction of sp³-hybridized carbons (Fsp3) is 0.103. The Bertz CT molecular complexity index is 2200. The van der Waals surface area contributed by atoms with Crippen molar-refractivity contribution in [2.75, 3.05) is 4.90 Å². The summed E-state index contributed by atoms with van der Waals surface area (Å²) in [5.41, 5.74) is 8.80. The molecule has 0 spiro atoms. The molecule has 5 nitrogen and oxygen atoms in total.